The van der Waals surface area contributed by atoms with Crippen LogP contribution < -0.4 is 0 Å². The van der Waals surface area contributed by atoms with Gasteiger partial charge < -0.3 is 4.74 Å². The first-order valence-electron chi connectivity index (χ1n) is 6.77. The Morgan fingerprint density at radius 3 is 1.95 bits per heavy atom. The molecule has 0 radical (unpaired) electrons. The van der Waals surface area contributed by atoms with Crippen molar-refractivity contribution in [3.05, 3.63) is 0 Å². The summed E-state index contributed by atoms with van der Waals surface area (Å²) in [5.41, 5.74) is 0. The Balaban J connectivity index is 3.42. The minimum absolute atomic E-state index is 0.149. The fraction of sp³-hybridized carbons (Fsp3) is 0.923. The molecule has 0 fully saturated rings. The third-order valence-corrected chi connectivity index (χ3v) is 2.74. The standard InChI is InChI=1S/C13H22F4O2/c1-2-3-4-5-6-7-8-9-10-19-12(18)11(14)13(15,16)17/h11H,2-10H2,1H3. The third kappa shape index (κ3) is 9.73. The fourth-order valence-electron chi connectivity index (χ4n) is 1.62. The summed E-state index contributed by atoms with van der Waals surface area (Å²) in [4.78, 5) is 10.7. The number of ether oxygens (including phenoxy) is 1. The van der Waals surface area contributed by atoms with Crippen molar-refractivity contribution in [2.75, 3.05) is 6.61 Å². The van der Waals surface area contributed by atoms with Crippen molar-refractivity contribution < 1.29 is 27.1 Å². The van der Waals surface area contributed by atoms with Gasteiger partial charge in [0, 0.05) is 0 Å². The predicted octanol–water partition coefficient (Wildman–Crippen LogP) is 4.57. The highest BCUT2D eigenvalue weighted by atomic mass is 19.4. The van der Waals surface area contributed by atoms with Crippen LogP contribution in [0.4, 0.5) is 17.6 Å². The lowest BCUT2D eigenvalue weighted by molar-refractivity contribution is -0.201. The summed E-state index contributed by atoms with van der Waals surface area (Å²) in [5, 5.41) is 0. The summed E-state index contributed by atoms with van der Waals surface area (Å²) >= 11 is 0. The van der Waals surface area contributed by atoms with E-state index in [4.69, 9.17) is 0 Å². The van der Waals surface area contributed by atoms with Crippen molar-refractivity contribution in [2.45, 2.75) is 70.6 Å². The zero-order chi connectivity index (χ0) is 14.7. The molecule has 0 N–H and O–H groups in total. The van der Waals surface area contributed by atoms with E-state index in [1.54, 1.807) is 0 Å². The van der Waals surface area contributed by atoms with Gasteiger partial charge in [0.15, 0.2) is 0 Å². The fourth-order valence-corrected chi connectivity index (χ4v) is 1.62. The number of halogens is 4. The van der Waals surface area contributed by atoms with Crippen molar-refractivity contribution >= 4 is 5.97 Å². The van der Waals surface area contributed by atoms with Gasteiger partial charge in [-0.15, -0.1) is 0 Å². The van der Waals surface area contributed by atoms with E-state index >= 15 is 0 Å². The van der Waals surface area contributed by atoms with E-state index in [9.17, 15) is 22.4 Å². The van der Waals surface area contributed by atoms with Crippen LogP contribution in [0.2, 0.25) is 0 Å². The summed E-state index contributed by atoms with van der Waals surface area (Å²) in [6.45, 7) is 1.98. The maximum atomic E-state index is 12.5. The van der Waals surface area contributed by atoms with Crippen molar-refractivity contribution in [1.29, 1.82) is 0 Å². The highest BCUT2D eigenvalue weighted by molar-refractivity contribution is 5.75. The van der Waals surface area contributed by atoms with Gasteiger partial charge in [-0.25, -0.2) is 9.18 Å². The average molecular weight is 286 g/mol. The molecule has 0 saturated heterocycles. The summed E-state index contributed by atoms with van der Waals surface area (Å²) in [6.07, 6.45) is -0.673. The second-order valence-corrected chi connectivity index (χ2v) is 4.55. The van der Waals surface area contributed by atoms with E-state index < -0.39 is 18.3 Å². The summed E-state index contributed by atoms with van der Waals surface area (Å²) < 4.78 is 52.1. The topological polar surface area (TPSA) is 26.3 Å². The predicted molar refractivity (Wildman–Crippen MR) is 64.5 cm³/mol. The van der Waals surface area contributed by atoms with E-state index in [2.05, 4.69) is 11.7 Å². The van der Waals surface area contributed by atoms with Crippen LogP contribution in [0.3, 0.4) is 0 Å². The smallest absolute Gasteiger partial charge is 0.430 e. The Morgan fingerprint density at radius 1 is 1.00 bits per heavy atom. The molecule has 2 nitrogen and oxygen atoms in total. The molecule has 0 aliphatic rings. The monoisotopic (exact) mass is 286 g/mol. The molecule has 0 heterocycles. The van der Waals surface area contributed by atoms with Crippen molar-refractivity contribution in [3.8, 4) is 0 Å². The first-order valence-corrected chi connectivity index (χ1v) is 6.77. The third-order valence-electron chi connectivity index (χ3n) is 2.74. The Kier molecular flexibility index (Phi) is 9.61. The van der Waals surface area contributed by atoms with Crippen LogP contribution in [-0.4, -0.2) is 24.9 Å². The van der Waals surface area contributed by atoms with Gasteiger partial charge in [0.1, 0.15) is 0 Å². The summed E-state index contributed by atoms with van der Waals surface area (Å²) in [6, 6.07) is 0. The van der Waals surface area contributed by atoms with Crippen LogP contribution in [0, 0.1) is 0 Å². The molecule has 0 aromatic heterocycles. The zero-order valence-corrected chi connectivity index (χ0v) is 11.3. The minimum Gasteiger partial charge on any atom is -0.463 e. The minimum atomic E-state index is -5.17. The normalized spacial score (nSPS) is 13.3. The lowest BCUT2D eigenvalue weighted by Gasteiger charge is -2.11. The first-order chi connectivity index (χ1) is 8.89. The number of alkyl halides is 4. The molecular weight excluding hydrogens is 264 g/mol. The molecule has 0 aromatic rings. The first kappa shape index (κ1) is 18.2. The SMILES string of the molecule is CCCCCCCCCCOC(=O)C(F)C(F)(F)F. The highest BCUT2D eigenvalue weighted by Gasteiger charge is 2.46. The van der Waals surface area contributed by atoms with E-state index in [0.717, 1.165) is 25.7 Å². The van der Waals surface area contributed by atoms with Crippen molar-refractivity contribution in [3.63, 3.8) is 0 Å². The highest BCUT2D eigenvalue weighted by Crippen LogP contribution is 2.23. The number of carbonyl (C=O) groups is 1. The van der Waals surface area contributed by atoms with Gasteiger partial charge in [-0.1, -0.05) is 51.9 Å². The summed E-state index contributed by atoms with van der Waals surface area (Å²) in [5.74, 6) is -1.84. The van der Waals surface area contributed by atoms with E-state index in [0.29, 0.717) is 6.42 Å². The van der Waals surface area contributed by atoms with Crippen LogP contribution in [0.25, 0.3) is 0 Å². The number of rotatable bonds is 10. The van der Waals surface area contributed by atoms with Gasteiger partial charge in [-0.2, -0.15) is 13.2 Å². The second-order valence-electron chi connectivity index (χ2n) is 4.55. The Labute approximate surface area is 111 Å². The average Bonchev–Trinajstić information content (AvgIpc) is 2.34. The lowest BCUT2D eigenvalue weighted by Crippen LogP contribution is -2.34. The Morgan fingerprint density at radius 2 is 1.47 bits per heavy atom. The number of unbranched alkanes of at least 4 members (excludes halogenated alkanes) is 7. The molecule has 0 spiro atoms. The lowest BCUT2D eigenvalue weighted by atomic mass is 10.1. The molecule has 114 valence electrons. The molecule has 0 saturated carbocycles. The van der Waals surface area contributed by atoms with Crippen LogP contribution in [-0.2, 0) is 9.53 Å². The van der Waals surface area contributed by atoms with Crippen LogP contribution in [0.5, 0.6) is 0 Å². The molecule has 0 aliphatic carbocycles. The van der Waals surface area contributed by atoms with Crippen LogP contribution in [0.15, 0.2) is 0 Å². The van der Waals surface area contributed by atoms with E-state index in [1.165, 1.54) is 19.3 Å². The van der Waals surface area contributed by atoms with Gasteiger partial charge >= 0.3 is 12.1 Å². The van der Waals surface area contributed by atoms with Gasteiger partial charge in [0.2, 0.25) is 0 Å². The molecule has 0 bridgehead atoms. The second kappa shape index (κ2) is 10.0. The van der Waals surface area contributed by atoms with Crippen LogP contribution >= 0.6 is 0 Å². The van der Waals surface area contributed by atoms with Crippen molar-refractivity contribution in [1.82, 2.24) is 0 Å². The molecule has 0 rings (SSSR count). The van der Waals surface area contributed by atoms with E-state index in [-0.39, 0.29) is 6.61 Å². The quantitative estimate of drug-likeness (QED) is 0.334. The molecule has 0 aliphatic heterocycles. The maximum Gasteiger partial charge on any atom is 0.430 e. The molecule has 1 unspecified atom stereocenters. The Hall–Kier alpha value is -0.810. The van der Waals surface area contributed by atoms with Crippen molar-refractivity contribution in [2.24, 2.45) is 0 Å². The number of hydrogen-bond donors (Lipinski definition) is 0. The van der Waals surface area contributed by atoms with Crippen LogP contribution in [0.1, 0.15) is 58.3 Å². The molecule has 6 heteroatoms. The molecular formula is C13H22F4O2. The van der Waals surface area contributed by atoms with E-state index in [1.807, 2.05) is 0 Å². The van der Waals surface area contributed by atoms with Gasteiger partial charge in [-0.3, -0.25) is 0 Å². The molecule has 19 heavy (non-hydrogen) atoms. The molecule has 0 amide bonds. The van der Waals surface area contributed by atoms with Gasteiger partial charge in [-0.05, 0) is 6.42 Å². The maximum absolute atomic E-state index is 12.5. The molecule has 0 aromatic carbocycles. The largest absolute Gasteiger partial charge is 0.463 e. The van der Waals surface area contributed by atoms with Gasteiger partial charge in [0.05, 0.1) is 6.61 Å². The number of carbonyl (C=O) groups excluding carboxylic acids is 1. The number of hydrogen-bond acceptors (Lipinski definition) is 2. The summed E-state index contributed by atoms with van der Waals surface area (Å²) in [7, 11) is 0. The van der Waals surface area contributed by atoms with Gasteiger partial charge in [0.25, 0.3) is 6.17 Å². The number of esters is 1. The zero-order valence-electron chi connectivity index (χ0n) is 11.3. The molecule has 1 atom stereocenters. The Bertz CT molecular complexity index is 241.